The van der Waals surface area contributed by atoms with E-state index in [1.165, 1.54) is 5.56 Å². The van der Waals surface area contributed by atoms with Gasteiger partial charge in [0.1, 0.15) is 11.7 Å². The topological polar surface area (TPSA) is 30.5 Å². The van der Waals surface area contributed by atoms with Crippen LogP contribution in [0.5, 0.6) is 11.5 Å². The molecule has 1 aromatic rings. The zero-order chi connectivity index (χ0) is 13.2. The van der Waals surface area contributed by atoms with Gasteiger partial charge in [-0.05, 0) is 33.4 Å². The molecule has 1 aliphatic heterocycles. The summed E-state index contributed by atoms with van der Waals surface area (Å²) in [6.07, 6.45) is 2.12. The van der Waals surface area contributed by atoms with E-state index in [-0.39, 0.29) is 11.7 Å². The molecule has 0 amide bonds. The fourth-order valence-electron chi connectivity index (χ4n) is 2.36. The first-order chi connectivity index (χ1) is 8.55. The number of hydrogen-bond acceptors (Lipinski definition) is 3. The first-order valence-corrected chi connectivity index (χ1v) is 6.68. The van der Waals surface area contributed by atoms with Gasteiger partial charge in [-0.1, -0.05) is 19.1 Å². The van der Waals surface area contributed by atoms with Crippen LogP contribution in [0, 0.1) is 0 Å². The third kappa shape index (κ3) is 2.78. The first kappa shape index (κ1) is 13.2. The number of fused-ring (bicyclic) bond motifs is 1. The van der Waals surface area contributed by atoms with Crippen molar-refractivity contribution in [2.75, 3.05) is 13.6 Å². The van der Waals surface area contributed by atoms with Crippen molar-refractivity contribution in [1.82, 2.24) is 5.32 Å². The Labute approximate surface area is 109 Å². The minimum atomic E-state index is -0.119. The molecule has 0 fully saturated rings. The Kier molecular flexibility index (Phi) is 3.81. The summed E-state index contributed by atoms with van der Waals surface area (Å²) >= 11 is 0. The van der Waals surface area contributed by atoms with E-state index in [9.17, 15) is 0 Å². The highest BCUT2D eigenvalue weighted by molar-refractivity contribution is 5.50. The third-order valence-corrected chi connectivity index (χ3v) is 3.24. The van der Waals surface area contributed by atoms with Gasteiger partial charge in [-0.25, -0.2) is 0 Å². The van der Waals surface area contributed by atoms with Gasteiger partial charge in [-0.15, -0.1) is 0 Å². The van der Waals surface area contributed by atoms with E-state index < -0.39 is 0 Å². The van der Waals surface area contributed by atoms with Crippen LogP contribution in [0.15, 0.2) is 18.2 Å². The molecule has 1 aromatic carbocycles. The number of rotatable bonds is 5. The molecular weight excluding hydrogens is 226 g/mol. The van der Waals surface area contributed by atoms with Gasteiger partial charge in [-0.3, -0.25) is 0 Å². The van der Waals surface area contributed by atoms with E-state index in [1.807, 2.05) is 19.2 Å². The summed E-state index contributed by atoms with van der Waals surface area (Å²) in [6.45, 7) is 7.21. The van der Waals surface area contributed by atoms with E-state index in [0.29, 0.717) is 0 Å². The van der Waals surface area contributed by atoms with Crippen molar-refractivity contribution in [1.29, 1.82) is 0 Å². The average Bonchev–Trinajstić information content (AvgIpc) is 2.63. The van der Waals surface area contributed by atoms with Gasteiger partial charge in [-0.2, -0.15) is 0 Å². The number of hydrogen-bond donors (Lipinski definition) is 1. The zero-order valence-corrected chi connectivity index (χ0v) is 11.7. The lowest BCUT2D eigenvalue weighted by atomic mass is 10.0. The van der Waals surface area contributed by atoms with Crippen LogP contribution in [0.1, 0.15) is 32.8 Å². The molecule has 0 aliphatic carbocycles. The molecule has 0 bridgehead atoms. The first-order valence-electron chi connectivity index (χ1n) is 6.68. The maximum absolute atomic E-state index is 6.05. The number of benzene rings is 1. The summed E-state index contributed by atoms with van der Waals surface area (Å²) in [6, 6.07) is 6.17. The predicted octanol–water partition coefficient (Wildman–Crippen LogP) is 2.78. The van der Waals surface area contributed by atoms with Crippen LogP contribution in [-0.4, -0.2) is 25.3 Å². The number of nitrogens with one attached hydrogen (secondary N) is 1. The molecule has 0 radical (unpaired) electrons. The number of ether oxygens (including phenoxy) is 2. The van der Waals surface area contributed by atoms with Gasteiger partial charge in [0.25, 0.3) is 0 Å². The summed E-state index contributed by atoms with van der Waals surface area (Å²) in [5.41, 5.74) is 1.13. The Bertz CT molecular complexity index is 415. The van der Waals surface area contributed by atoms with Crippen molar-refractivity contribution >= 4 is 0 Å². The van der Waals surface area contributed by atoms with Crippen LogP contribution >= 0.6 is 0 Å². The minimum absolute atomic E-state index is 0.119. The lowest BCUT2D eigenvalue weighted by molar-refractivity contribution is 0.124. The molecule has 0 saturated heterocycles. The van der Waals surface area contributed by atoms with E-state index in [2.05, 4.69) is 32.2 Å². The normalized spacial score (nSPS) is 18.0. The van der Waals surface area contributed by atoms with E-state index in [4.69, 9.17) is 9.47 Å². The largest absolute Gasteiger partial charge is 0.485 e. The second-order valence-corrected chi connectivity index (χ2v) is 5.49. The second kappa shape index (κ2) is 5.19. The molecule has 1 unspecified atom stereocenters. The summed E-state index contributed by atoms with van der Waals surface area (Å²) in [5, 5.41) is 3.16. The van der Waals surface area contributed by atoms with Gasteiger partial charge in [0.2, 0.25) is 0 Å². The van der Waals surface area contributed by atoms with Crippen molar-refractivity contribution in [2.24, 2.45) is 0 Å². The van der Waals surface area contributed by atoms with Crippen LogP contribution in [0.3, 0.4) is 0 Å². The highest BCUT2D eigenvalue weighted by atomic mass is 16.5. The molecule has 3 nitrogen and oxygen atoms in total. The molecule has 3 heteroatoms. The van der Waals surface area contributed by atoms with Crippen LogP contribution in [0.2, 0.25) is 0 Å². The molecule has 2 rings (SSSR count). The maximum atomic E-state index is 6.05. The molecule has 1 aliphatic rings. The molecule has 1 N–H and O–H groups in total. The lowest BCUT2D eigenvalue weighted by Crippen LogP contribution is -2.29. The van der Waals surface area contributed by atoms with Crippen LogP contribution in [0.4, 0.5) is 0 Å². The Morgan fingerprint density at radius 3 is 2.89 bits per heavy atom. The fourth-order valence-corrected chi connectivity index (χ4v) is 2.36. The van der Waals surface area contributed by atoms with Crippen LogP contribution < -0.4 is 14.8 Å². The Hall–Kier alpha value is -1.22. The Balaban J connectivity index is 2.18. The molecule has 1 heterocycles. The molecular formula is C15H23NO2. The number of para-hydroxylation sites is 1. The minimum Gasteiger partial charge on any atom is -0.485 e. The van der Waals surface area contributed by atoms with Crippen LogP contribution in [0.25, 0.3) is 0 Å². The van der Waals surface area contributed by atoms with Gasteiger partial charge in [0.05, 0.1) is 0 Å². The van der Waals surface area contributed by atoms with Crippen LogP contribution in [-0.2, 0) is 6.42 Å². The van der Waals surface area contributed by atoms with E-state index >= 15 is 0 Å². The van der Waals surface area contributed by atoms with E-state index in [0.717, 1.165) is 30.9 Å². The molecule has 100 valence electrons. The van der Waals surface area contributed by atoms with Crippen molar-refractivity contribution in [2.45, 2.75) is 45.3 Å². The molecule has 1 atom stereocenters. The van der Waals surface area contributed by atoms with Crippen molar-refractivity contribution in [3.8, 4) is 11.5 Å². The SMILES string of the molecule is CCC(CNC)Oc1cccc2c1OC(C)(C)C2. The monoisotopic (exact) mass is 249 g/mol. The standard InChI is InChI=1S/C15H23NO2/c1-5-12(10-16-4)17-13-8-6-7-11-9-15(2,3)18-14(11)13/h6-8,12,16H,5,9-10H2,1-4H3. The summed E-state index contributed by atoms with van der Waals surface area (Å²) in [4.78, 5) is 0. The number of likely N-dealkylation sites (N-methyl/N-ethyl adjacent to an activating group) is 1. The second-order valence-electron chi connectivity index (χ2n) is 5.49. The van der Waals surface area contributed by atoms with Gasteiger partial charge >= 0.3 is 0 Å². The Morgan fingerprint density at radius 2 is 2.22 bits per heavy atom. The lowest BCUT2D eigenvalue weighted by Gasteiger charge is -2.21. The van der Waals surface area contributed by atoms with Crippen molar-refractivity contribution in [3.63, 3.8) is 0 Å². The molecule has 0 aromatic heterocycles. The summed E-state index contributed by atoms with van der Waals surface area (Å²) in [5.74, 6) is 1.80. The molecule has 0 saturated carbocycles. The maximum Gasteiger partial charge on any atom is 0.165 e. The summed E-state index contributed by atoms with van der Waals surface area (Å²) in [7, 11) is 1.95. The van der Waals surface area contributed by atoms with Gasteiger partial charge in [0, 0.05) is 18.5 Å². The highest BCUT2D eigenvalue weighted by Gasteiger charge is 2.32. The highest BCUT2D eigenvalue weighted by Crippen LogP contribution is 2.42. The quantitative estimate of drug-likeness (QED) is 0.870. The van der Waals surface area contributed by atoms with E-state index in [1.54, 1.807) is 0 Å². The average molecular weight is 249 g/mol. The van der Waals surface area contributed by atoms with Gasteiger partial charge < -0.3 is 14.8 Å². The fraction of sp³-hybridized carbons (Fsp3) is 0.600. The van der Waals surface area contributed by atoms with Crippen molar-refractivity contribution < 1.29 is 9.47 Å². The smallest absolute Gasteiger partial charge is 0.165 e. The summed E-state index contributed by atoms with van der Waals surface area (Å²) < 4.78 is 12.1. The zero-order valence-electron chi connectivity index (χ0n) is 11.7. The third-order valence-electron chi connectivity index (χ3n) is 3.24. The molecule has 0 spiro atoms. The Morgan fingerprint density at radius 1 is 1.44 bits per heavy atom. The van der Waals surface area contributed by atoms with Crippen molar-refractivity contribution in [3.05, 3.63) is 23.8 Å². The molecule has 18 heavy (non-hydrogen) atoms. The predicted molar refractivity (Wildman–Crippen MR) is 73.5 cm³/mol. The van der Waals surface area contributed by atoms with Gasteiger partial charge in [0.15, 0.2) is 11.5 Å².